The molecule has 2 aliphatic rings. The van der Waals surface area contributed by atoms with E-state index >= 15 is 0 Å². The Bertz CT molecular complexity index is 820. The average molecular weight is 358 g/mol. The second-order valence-corrected chi connectivity index (χ2v) is 7.07. The Morgan fingerprint density at radius 3 is 2.42 bits per heavy atom. The first kappa shape index (κ1) is 17.1. The lowest BCUT2D eigenvalue weighted by Crippen LogP contribution is -2.24. The normalized spacial score (nSPS) is 18.0. The van der Waals surface area contributed by atoms with Gasteiger partial charge in [-0.25, -0.2) is 0 Å². The van der Waals surface area contributed by atoms with Crippen molar-refractivity contribution < 1.29 is 13.2 Å². The zero-order valence-electron chi connectivity index (χ0n) is 14.5. The van der Waals surface area contributed by atoms with Crippen molar-refractivity contribution in [2.75, 3.05) is 4.90 Å². The molecule has 0 amide bonds. The molecule has 0 spiro atoms. The lowest BCUT2D eigenvalue weighted by Gasteiger charge is -2.31. The molecule has 136 valence electrons. The zero-order chi connectivity index (χ0) is 18.1. The fraction of sp³-hybridized carbons (Fsp3) is 0.381. The predicted octanol–water partition coefficient (Wildman–Crippen LogP) is 6.11. The number of nitrogens with zero attached hydrogens (tertiary/aromatic N) is 2. The van der Waals surface area contributed by atoms with Crippen molar-refractivity contribution in [2.45, 2.75) is 50.7 Å². The second-order valence-electron chi connectivity index (χ2n) is 7.07. The maximum atomic E-state index is 13.1. The lowest BCUT2D eigenvalue weighted by atomic mass is 9.94. The summed E-state index contributed by atoms with van der Waals surface area (Å²) in [5, 5.41) is 0. The molecule has 2 aromatic rings. The minimum absolute atomic E-state index is 0.315. The van der Waals surface area contributed by atoms with Gasteiger partial charge in [0.05, 0.1) is 29.3 Å². The largest absolute Gasteiger partial charge is 0.416 e. The molecule has 2 aromatic carbocycles. The van der Waals surface area contributed by atoms with Gasteiger partial charge < -0.3 is 4.90 Å². The Balaban J connectivity index is 1.72. The molecule has 1 saturated carbocycles. The third-order valence-electron chi connectivity index (χ3n) is 5.27. The van der Waals surface area contributed by atoms with Crippen LogP contribution >= 0.6 is 0 Å². The van der Waals surface area contributed by atoms with Crippen molar-refractivity contribution in [3.8, 4) is 0 Å². The third-order valence-corrected chi connectivity index (χ3v) is 5.27. The standard InChI is InChI=1S/C21H21F3N2/c22-21(23,24)17-10-11-20-16(13-17)12-15-6-4-5-9-19(15)26(20)14-25-18-7-2-1-3-8-18/h4-6,9-11,13-14,18H,1-3,7-8,12H2. The summed E-state index contributed by atoms with van der Waals surface area (Å²) in [6.45, 7) is 0. The summed E-state index contributed by atoms with van der Waals surface area (Å²) in [5.74, 6) is 0. The van der Waals surface area contributed by atoms with E-state index in [9.17, 15) is 13.2 Å². The molecule has 0 saturated heterocycles. The highest BCUT2D eigenvalue weighted by Gasteiger charge is 2.32. The first-order chi connectivity index (χ1) is 12.5. The smallest absolute Gasteiger partial charge is 0.301 e. The van der Waals surface area contributed by atoms with Crippen molar-refractivity contribution in [1.29, 1.82) is 0 Å². The Hall–Kier alpha value is -2.30. The molecule has 0 atom stereocenters. The number of halogens is 3. The Kier molecular flexibility index (Phi) is 4.47. The van der Waals surface area contributed by atoms with Crippen LogP contribution in [0.1, 0.15) is 48.8 Å². The molecule has 1 aliphatic carbocycles. The topological polar surface area (TPSA) is 15.6 Å². The van der Waals surface area contributed by atoms with Gasteiger partial charge in [-0.15, -0.1) is 0 Å². The number of hydrogen-bond donors (Lipinski definition) is 0. The predicted molar refractivity (Wildman–Crippen MR) is 98.2 cm³/mol. The summed E-state index contributed by atoms with van der Waals surface area (Å²) in [5.41, 5.74) is 2.90. The fourth-order valence-corrected chi connectivity index (χ4v) is 3.88. The summed E-state index contributed by atoms with van der Waals surface area (Å²) < 4.78 is 39.3. The number of para-hydroxylation sites is 1. The van der Waals surface area contributed by atoms with Crippen molar-refractivity contribution in [1.82, 2.24) is 0 Å². The van der Waals surface area contributed by atoms with E-state index in [1.165, 1.54) is 25.3 Å². The quantitative estimate of drug-likeness (QED) is 0.467. The lowest BCUT2D eigenvalue weighted by molar-refractivity contribution is -0.137. The molecule has 0 radical (unpaired) electrons. The Morgan fingerprint density at radius 1 is 0.923 bits per heavy atom. The zero-order valence-corrected chi connectivity index (χ0v) is 14.5. The third kappa shape index (κ3) is 3.35. The maximum absolute atomic E-state index is 13.1. The van der Waals surface area contributed by atoms with E-state index in [0.29, 0.717) is 18.0 Å². The van der Waals surface area contributed by atoms with Gasteiger partial charge in [-0.3, -0.25) is 4.99 Å². The van der Waals surface area contributed by atoms with Crippen LogP contribution in [0.2, 0.25) is 0 Å². The van der Waals surface area contributed by atoms with Gasteiger partial charge in [-0.05, 0) is 48.2 Å². The molecular formula is C21H21F3N2. The van der Waals surface area contributed by atoms with Crippen LogP contribution in [0.5, 0.6) is 0 Å². The number of rotatable bonds is 2. The number of fused-ring (bicyclic) bond motifs is 2. The van der Waals surface area contributed by atoms with E-state index in [0.717, 1.165) is 35.8 Å². The SMILES string of the molecule is FC(F)(F)c1ccc2c(c1)Cc1ccccc1N2C=NC1CCCCC1. The van der Waals surface area contributed by atoms with Crippen molar-refractivity contribution >= 4 is 17.7 Å². The summed E-state index contributed by atoms with van der Waals surface area (Å²) >= 11 is 0. The van der Waals surface area contributed by atoms with Gasteiger partial charge in [0.1, 0.15) is 0 Å². The molecule has 0 aromatic heterocycles. The van der Waals surface area contributed by atoms with E-state index in [1.807, 2.05) is 35.5 Å². The van der Waals surface area contributed by atoms with Crippen molar-refractivity contribution in [2.24, 2.45) is 4.99 Å². The van der Waals surface area contributed by atoms with Crippen LogP contribution in [-0.2, 0) is 12.6 Å². The first-order valence-corrected chi connectivity index (χ1v) is 9.13. The van der Waals surface area contributed by atoms with Gasteiger partial charge in [-0.2, -0.15) is 13.2 Å². The minimum Gasteiger partial charge on any atom is -0.301 e. The van der Waals surface area contributed by atoms with Gasteiger partial charge in [0.2, 0.25) is 0 Å². The number of benzene rings is 2. The van der Waals surface area contributed by atoms with Crippen molar-refractivity contribution in [3.63, 3.8) is 0 Å². The average Bonchev–Trinajstić information content (AvgIpc) is 2.64. The van der Waals surface area contributed by atoms with Gasteiger partial charge in [-0.1, -0.05) is 37.5 Å². The molecule has 0 bridgehead atoms. The van der Waals surface area contributed by atoms with E-state index in [2.05, 4.69) is 0 Å². The molecule has 5 heteroatoms. The van der Waals surface area contributed by atoms with E-state index in [-0.39, 0.29) is 0 Å². The van der Waals surface area contributed by atoms with Crippen LogP contribution in [0, 0.1) is 0 Å². The Labute approximate surface area is 151 Å². The monoisotopic (exact) mass is 358 g/mol. The van der Waals surface area contributed by atoms with Crippen LogP contribution in [-0.4, -0.2) is 12.4 Å². The molecular weight excluding hydrogens is 337 g/mol. The number of aliphatic imine (C=N–C) groups is 1. The molecule has 1 fully saturated rings. The highest BCUT2D eigenvalue weighted by molar-refractivity contribution is 5.93. The molecule has 0 unspecified atom stereocenters. The van der Waals surface area contributed by atoms with E-state index in [4.69, 9.17) is 4.99 Å². The number of alkyl halides is 3. The highest BCUT2D eigenvalue weighted by atomic mass is 19.4. The molecule has 1 aliphatic heterocycles. The number of anilines is 2. The summed E-state index contributed by atoms with van der Waals surface area (Å²) in [6.07, 6.45) is 3.84. The van der Waals surface area contributed by atoms with Gasteiger partial charge in [0.25, 0.3) is 0 Å². The minimum atomic E-state index is -4.33. The van der Waals surface area contributed by atoms with Crippen molar-refractivity contribution in [3.05, 3.63) is 59.2 Å². The molecule has 4 rings (SSSR count). The van der Waals surface area contributed by atoms with Crippen LogP contribution in [0.15, 0.2) is 47.5 Å². The summed E-state index contributed by atoms with van der Waals surface area (Å²) in [7, 11) is 0. The molecule has 2 nitrogen and oxygen atoms in total. The van der Waals surface area contributed by atoms with Gasteiger partial charge >= 0.3 is 6.18 Å². The first-order valence-electron chi connectivity index (χ1n) is 9.13. The maximum Gasteiger partial charge on any atom is 0.416 e. The van der Waals surface area contributed by atoms with Crippen LogP contribution in [0.25, 0.3) is 0 Å². The van der Waals surface area contributed by atoms with Gasteiger partial charge in [0, 0.05) is 6.42 Å². The molecule has 0 N–H and O–H groups in total. The van der Waals surface area contributed by atoms with Gasteiger partial charge in [0.15, 0.2) is 0 Å². The second kappa shape index (κ2) is 6.78. The van der Waals surface area contributed by atoms with Crippen LogP contribution < -0.4 is 4.90 Å². The fourth-order valence-electron chi connectivity index (χ4n) is 3.88. The number of hydrogen-bond acceptors (Lipinski definition) is 1. The molecule has 26 heavy (non-hydrogen) atoms. The summed E-state index contributed by atoms with van der Waals surface area (Å²) in [4.78, 5) is 6.70. The van der Waals surface area contributed by atoms with Crippen LogP contribution in [0.3, 0.4) is 0 Å². The Morgan fingerprint density at radius 2 is 1.65 bits per heavy atom. The van der Waals surface area contributed by atoms with E-state index in [1.54, 1.807) is 6.07 Å². The van der Waals surface area contributed by atoms with E-state index < -0.39 is 11.7 Å². The summed E-state index contributed by atoms with van der Waals surface area (Å²) in [6, 6.07) is 12.2. The molecule has 1 heterocycles. The van der Waals surface area contributed by atoms with Crippen LogP contribution in [0.4, 0.5) is 24.5 Å². The highest BCUT2D eigenvalue weighted by Crippen LogP contribution is 2.40.